The Morgan fingerprint density at radius 2 is 0.885 bits per heavy atom. The minimum Gasteiger partial charge on any atom is -0.481 e. The Morgan fingerprint density at radius 1 is 0.577 bits per heavy atom. The number of hydrogen-bond donors (Lipinski definition) is 2. The molecule has 0 spiro atoms. The average Bonchev–Trinajstić information content (AvgIpc) is 2.57. The summed E-state index contributed by atoms with van der Waals surface area (Å²) in [7, 11) is 0. The monoisotopic (exact) mass is 366 g/mol. The van der Waals surface area contributed by atoms with Crippen LogP contribution in [-0.2, 0) is 9.59 Å². The molecule has 0 rings (SSSR count). The van der Waals surface area contributed by atoms with Crippen molar-refractivity contribution in [2.75, 3.05) is 0 Å². The van der Waals surface area contributed by atoms with Crippen LogP contribution >= 0.6 is 0 Å². The third-order valence-corrected chi connectivity index (χ3v) is 4.58. The van der Waals surface area contributed by atoms with Gasteiger partial charge in [0.05, 0.1) is 0 Å². The van der Waals surface area contributed by atoms with Gasteiger partial charge in [0.15, 0.2) is 0 Å². The fourth-order valence-electron chi connectivity index (χ4n) is 2.93. The van der Waals surface area contributed by atoms with Crippen molar-refractivity contribution < 1.29 is 19.8 Å². The molecule has 2 N–H and O–H groups in total. The first-order chi connectivity index (χ1) is 12.4. The number of carboxylic acid groups (broad SMARTS) is 2. The predicted molar refractivity (Wildman–Crippen MR) is 107 cm³/mol. The molecule has 0 radical (unpaired) electrons. The van der Waals surface area contributed by atoms with E-state index in [1.165, 1.54) is 11.1 Å². The molecule has 0 aliphatic heterocycles. The van der Waals surface area contributed by atoms with Crippen LogP contribution in [0.25, 0.3) is 0 Å². The van der Waals surface area contributed by atoms with E-state index in [9.17, 15) is 9.59 Å². The van der Waals surface area contributed by atoms with E-state index in [-0.39, 0.29) is 0 Å². The highest BCUT2D eigenvalue weighted by Gasteiger charge is 1.98. The summed E-state index contributed by atoms with van der Waals surface area (Å²) < 4.78 is 0. The zero-order valence-corrected chi connectivity index (χ0v) is 16.8. The second-order valence-electron chi connectivity index (χ2n) is 7.29. The molecule has 0 saturated carbocycles. The van der Waals surface area contributed by atoms with E-state index in [1.54, 1.807) is 0 Å². The van der Waals surface area contributed by atoms with Crippen LogP contribution in [0.4, 0.5) is 0 Å². The summed E-state index contributed by atoms with van der Waals surface area (Å²) in [4.78, 5) is 20.8. The van der Waals surface area contributed by atoms with Crippen molar-refractivity contribution in [2.24, 2.45) is 0 Å². The maximum absolute atomic E-state index is 10.4. The van der Waals surface area contributed by atoms with Crippen molar-refractivity contribution in [1.82, 2.24) is 0 Å². The third kappa shape index (κ3) is 18.8. The zero-order valence-electron chi connectivity index (χ0n) is 16.8. The number of unbranched alkanes of at least 4 members (excludes halogenated alkanes) is 7. The van der Waals surface area contributed by atoms with E-state index < -0.39 is 11.9 Å². The van der Waals surface area contributed by atoms with Gasteiger partial charge in [-0.25, -0.2) is 0 Å². The van der Waals surface area contributed by atoms with E-state index in [0.29, 0.717) is 12.8 Å². The molecular weight excluding hydrogens is 328 g/mol. The quantitative estimate of drug-likeness (QED) is 0.227. The first kappa shape index (κ1) is 24.4. The Balaban J connectivity index is 3.60. The smallest absolute Gasteiger partial charge is 0.303 e. The molecule has 4 nitrogen and oxygen atoms in total. The fraction of sp³-hybridized carbons (Fsp3) is 0.727. The lowest BCUT2D eigenvalue weighted by molar-refractivity contribution is -0.138. The number of carbonyl (C=O) groups is 2. The Morgan fingerprint density at radius 3 is 1.19 bits per heavy atom. The van der Waals surface area contributed by atoms with Gasteiger partial charge in [-0.2, -0.15) is 0 Å². The van der Waals surface area contributed by atoms with Crippen LogP contribution in [-0.4, -0.2) is 22.2 Å². The first-order valence-electron chi connectivity index (χ1n) is 10.2. The van der Waals surface area contributed by atoms with Crippen LogP contribution in [0.5, 0.6) is 0 Å². The molecule has 4 heteroatoms. The summed E-state index contributed by atoms with van der Waals surface area (Å²) in [5.74, 6) is -1.38. The maximum atomic E-state index is 10.4. The molecule has 0 aromatic heterocycles. The molecule has 0 saturated heterocycles. The van der Waals surface area contributed by atoms with Crippen molar-refractivity contribution in [3.63, 3.8) is 0 Å². The number of allylic oxidation sites excluding steroid dienone is 4. The van der Waals surface area contributed by atoms with Crippen molar-refractivity contribution >= 4 is 11.9 Å². The van der Waals surface area contributed by atoms with Gasteiger partial charge in [-0.3, -0.25) is 9.59 Å². The summed E-state index contributed by atoms with van der Waals surface area (Å²) in [6.45, 7) is 4.37. The maximum Gasteiger partial charge on any atom is 0.303 e. The van der Waals surface area contributed by atoms with Gasteiger partial charge in [-0.1, -0.05) is 49.0 Å². The number of carboxylic acids is 2. The molecule has 0 bridgehead atoms. The largest absolute Gasteiger partial charge is 0.481 e. The second kappa shape index (κ2) is 16.9. The van der Waals surface area contributed by atoms with Crippen molar-refractivity contribution in [2.45, 2.75) is 104 Å². The summed E-state index contributed by atoms with van der Waals surface area (Å²) >= 11 is 0. The van der Waals surface area contributed by atoms with E-state index >= 15 is 0 Å². The lowest BCUT2D eigenvalue weighted by Crippen LogP contribution is -1.93. The standard InChI is InChI=1S/C22H38O4/c1-19(13-7-3-5-9-17-21(23)24)15-11-12-16-20(2)14-8-4-6-10-18-22(25)26/h15-16H,3-14,17-18H2,1-2H3,(H,23,24)(H,25,26)/b19-15+,20-16+. The van der Waals surface area contributed by atoms with E-state index in [1.807, 2.05) is 0 Å². The van der Waals surface area contributed by atoms with Gasteiger partial charge in [0.1, 0.15) is 0 Å². The highest BCUT2D eigenvalue weighted by Crippen LogP contribution is 2.14. The van der Waals surface area contributed by atoms with Crippen LogP contribution in [0.3, 0.4) is 0 Å². The summed E-state index contributed by atoms with van der Waals surface area (Å²) in [5.41, 5.74) is 2.88. The van der Waals surface area contributed by atoms with Crippen LogP contribution < -0.4 is 0 Å². The van der Waals surface area contributed by atoms with E-state index in [4.69, 9.17) is 10.2 Å². The minimum absolute atomic E-state index is 0.294. The molecule has 150 valence electrons. The predicted octanol–water partition coefficient (Wildman–Crippen LogP) is 6.51. The van der Waals surface area contributed by atoms with Gasteiger partial charge in [-0.15, -0.1) is 0 Å². The normalized spacial score (nSPS) is 12.4. The Bertz CT molecular complexity index is 407. The van der Waals surface area contributed by atoms with Crippen molar-refractivity contribution in [1.29, 1.82) is 0 Å². The van der Waals surface area contributed by atoms with Gasteiger partial charge in [0.25, 0.3) is 0 Å². The highest BCUT2D eigenvalue weighted by atomic mass is 16.4. The molecule has 0 fully saturated rings. The summed E-state index contributed by atoms with van der Waals surface area (Å²) in [6, 6.07) is 0. The molecule has 0 aliphatic carbocycles. The van der Waals surface area contributed by atoms with Gasteiger partial charge < -0.3 is 10.2 Å². The second-order valence-corrected chi connectivity index (χ2v) is 7.29. The van der Waals surface area contributed by atoms with Crippen LogP contribution in [0.1, 0.15) is 104 Å². The van der Waals surface area contributed by atoms with Crippen molar-refractivity contribution in [3.05, 3.63) is 23.3 Å². The molecule has 0 atom stereocenters. The molecule has 0 aliphatic rings. The fourth-order valence-corrected chi connectivity index (χ4v) is 2.93. The Kier molecular flexibility index (Phi) is 15.8. The van der Waals surface area contributed by atoms with Gasteiger partial charge in [0, 0.05) is 12.8 Å². The lowest BCUT2D eigenvalue weighted by Gasteiger charge is -2.03. The van der Waals surface area contributed by atoms with E-state index in [0.717, 1.165) is 77.0 Å². The molecule has 26 heavy (non-hydrogen) atoms. The zero-order chi connectivity index (χ0) is 19.6. The lowest BCUT2D eigenvalue weighted by atomic mass is 10.0. The van der Waals surface area contributed by atoms with Crippen LogP contribution in [0.2, 0.25) is 0 Å². The van der Waals surface area contributed by atoms with Gasteiger partial charge in [-0.05, 0) is 65.2 Å². The van der Waals surface area contributed by atoms with Gasteiger partial charge >= 0.3 is 11.9 Å². The van der Waals surface area contributed by atoms with Crippen LogP contribution in [0, 0.1) is 0 Å². The SMILES string of the molecule is C/C(=C\CC/C=C(\C)CCCCCCC(=O)O)CCCCCCC(=O)O. The number of hydrogen-bond acceptors (Lipinski definition) is 2. The third-order valence-electron chi connectivity index (χ3n) is 4.58. The highest BCUT2D eigenvalue weighted by molar-refractivity contribution is 5.66. The minimum atomic E-state index is -0.692. The molecule has 0 heterocycles. The Labute approximate surface area is 159 Å². The van der Waals surface area contributed by atoms with Crippen molar-refractivity contribution in [3.8, 4) is 0 Å². The molecular formula is C22H38O4. The summed E-state index contributed by atoms with van der Waals surface area (Å²) in [6.07, 6.45) is 17.8. The Hall–Kier alpha value is -1.58. The topological polar surface area (TPSA) is 74.6 Å². The number of rotatable bonds is 17. The van der Waals surface area contributed by atoms with E-state index in [2.05, 4.69) is 26.0 Å². The molecule has 0 aromatic carbocycles. The molecule has 0 amide bonds. The first-order valence-corrected chi connectivity index (χ1v) is 10.2. The van der Waals surface area contributed by atoms with Crippen LogP contribution in [0.15, 0.2) is 23.3 Å². The molecule has 0 aromatic rings. The van der Waals surface area contributed by atoms with Gasteiger partial charge in [0.2, 0.25) is 0 Å². The summed E-state index contributed by atoms with van der Waals surface area (Å²) in [5, 5.41) is 17.2. The number of aliphatic carboxylic acids is 2. The molecule has 0 unspecified atom stereocenters. The average molecular weight is 367 g/mol.